The second kappa shape index (κ2) is 8.73. The van der Waals surface area contributed by atoms with Gasteiger partial charge in [-0.05, 0) is 18.6 Å². The monoisotopic (exact) mass is 484 g/mol. The summed E-state index contributed by atoms with van der Waals surface area (Å²) < 4.78 is 44.0. The molecule has 0 unspecified atom stereocenters. The van der Waals surface area contributed by atoms with Gasteiger partial charge in [-0.1, -0.05) is 11.6 Å². The predicted octanol–water partition coefficient (Wildman–Crippen LogP) is 3.18. The fourth-order valence-corrected chi connectivity index (χ4v) is 5.70. The van der Waals surface area contributed by atoms with Crippen molar-refractivity contribution in [3.63, 3.8) is 0 Å². The minimum absolute atomic E-state index is 0.121. The van der Waals surface area contributed by atoms with Crippen molar-refractivity contribution in [1.29, 1.82) is 0 Å². The number of nitrogens with zero attached hydrogens (tertiary/aromatic N) is 5. The third-order valence-electron chi connectivity index (χ3n) is 5.29. The summed E-state index contributed by atoms with van der Waals surface area (Å²) in [4.78, 5) is 7.55. The summed E-state index contributed by atoms with van der Waals surface area (Å²) >= 11 is 7.62. The van der Waals surface area contributed by atoms with Gasteiger partial charge in [-0.25, -0.2) is 17.8 Å². The molecule has 8 nitrogen and oxygen atoms in total. The maximum Gasteiger partial charge on any atom is 0.266 e. The number of anilines is 2. The van der Waals surface area contributed by atoms with Crippen molar-refractivity contribution in [2.24, 2.45) is 7.05 Å². The van der Waals surface area contributed by atoms with Crippen molar-refractivity contribution < 1.29 is 12.8 Å². The van der Waals surface area contributed by atoms with Crippen LogP contribution in [0, 0.1) is 5.82 Å². The zero-order valence-corrected chi connectivity index (χ0v) is 19.4. The Hall–Kier alpha value is -2.21. The average molecular weight is 485 g/mol. The van der Waals surface area contributed by atoms with Gasteiger partial charge in [0.2, 0.25) is 0 Å². The van der Waals surface area contributed by atoms with E-state index in [-0.39, 0.29) is 16.9 Å². The zero-order valence-electron chi connectivity index (χ0n) is 17.0. The van der Waals surface area contributed by atoms with Crippen LogP contribution in [0.5, 0.6) is 0 Å². The fourth-order valence-electron chi connectivity index (χ4n) is 3.70. The Morgan fingerprint density at radius 2 is 2.23 bits per heavy atom. The van der Waals surface area contributed by atoms with E-state index in [1.165, 1.54) is 28.3 Å². The number of likely N-dealkylation sites (N-methyl/N-ethyl adjacent to an activating group) is 1. The molecule has 4 rings (SSSR count). The van der Waals surface area contributed by atoms with Crippen molar-refractivity contribution >= 4 is 44.5 Å². The van der Waals surface area contributed by atoms with Gasteiger partial charge in [0.1, 0.15) is 10.7 Å². The average Bonchev–Trinajstić information content (AvgIpc) is 3.46. The number of sulfonamides is 1. The van der Waals surface area contributed by atoms with Gasteiger partial charge in [-0.2, -0.15) is 5.10 Å². The third kappa shape index (κ3) is 4.84. The normalized spacial score (nSPS) is 17.2. The van der Waals surface area contributed by atoms with E-state index >= 15 is 0 Å². The summed E-state index contributed by atoms with van der Waals surface area (Å²) in [6.45, 7) is 2.40. The van der Waals surface area contributed by atoms with Crippen molar-refractivity contribution in [1.82, 2.24) is 19.7 Å². The van der Waals surface area contributed by atoms with Gasteiger partial charge in [-0.15, -0.1) is 11.3 Å². The highest BCUT2D eigenvalue weighted by molar-refractivity contribution is 7.92. The Morgan fingerprint density at radius 3 is 2.90 bits per heavy atom. The van der Waals surface area contributed by atoms with E-state index < -0.39 is 20.7 Å². The highest BCUT2D eigenvalue weighted by atomic mass is 35.5. The second-order valence-corrected chi connectivity index (χ2v) is 10.3. The molecule has 1 aromatic carbocycles. The van der Waals surface area contributed by atoms with Crippen LogP contribution in [-0.4, -0.2) is 54.3 Å². The molecule has 0 radical (unpaired) electrons. The SMILES string of the molecule is CN(c1cc(F)c(S(=O)(=O)Nc2cscn2)cc1Cl)[C@H]1CCN(Cc2ccn(C)n2)C1. The molecule has 0 saturated carbocycles. The molecule has 1 N–H and O–H groups in total. The lowest BCUT2D eigenvalue weighted by Gasteiger charge is -2.28. The van der Waals surface area contributed by atoms with Gasteiger partial charge in [0.25, 0.3) is 10.0 Å². The number of hydrogen-bond acceptors (Lipinski definition) is 7. The number of aryl methyl sites for hydroxylation is 1. The second-order valence-electron chi connectivity index (χ2n) is 7.48. The van der Waals surface area contributed by atoms with Crippen LogP contribution in [0.4, 0.5) is 15.9 Å². The molecule has 1 aliphatic heterocycles. The number of rotatable bonds is 7. The molecule has 31 heavy (non-hydrogen) atoms. The molecule has 12 heteroatoms. The van der Waals surface area contributed by atoms with Gasteiger partial charge >= 0.3 is 0 Å². The maximum atomic E-state index is 14.8. The Kier molecular flexibility index (Phi) is 6.20. The number of likely N-dealkylation sites (tertiary alicyclic amines) is 1. The molecule has 0 aliphatic carbocycles. The van der Waals surface area contributed by atoms with Crippen LogP contribution in [0.15, 0.2) is 40.2 Å². The zero-order chi connectivity index (χ0) is 22.2. The maximum absolute atomic E-state index is 14.8. The van der Waals surface area contributed by atoms with E-state index in [2.05, 4.69) is 19.7 Å². The molecule has 166 valence electrons. The molecule has 0 spiro atoms. The molecule has 3 aromatic rings. The van der Waals surface area contributed by atoms with Crippen molar-refractivity contribution in [3.8, 4) is 0 Å². The lowest BCUT2D eigenvalue weighted by atomic mass is 10.2. The summed E-state index contributed by atoms with van der Waals surface area (Å²) in [5, 5.41) is 6.11. The quantitative estimate of drug-likeness (QED) is 0.554. The number of hydrogen-bond donors (Lipinski definition) is 1. The minimum atomic E-state index is -4.14. The van der Waals surface area contributed by atoms with Crippen LogP contribution in [0.25, 0.3) is 0 Å². The Morgan fingerprint density at radius 1 is 1.42 bits per heavy atom. The molecular formula is C19H22ClFN6O2S2. The van der Waals surface area contributed by atoms with E-state index in [0.717, 1.165) is 37.8 Å². The van der Waals surface area contributed by atoms with Crippen LogP contribution < -0.4 is 9.62 Å². The highest BCUT2D eigenvalue weighted by Gasteiger charge is 2.29. The summed E-state index contributed by atoms with van der Waals surface area (Å²) in [6, 6.07) is 4.44. The van der Waals surface area contributed by atoms with Crippen LogP contribution in [-0.2, 0) is 23.6 Å². The Labute approximate surface area is 189 Å². The van der Waals surface area contributed by atoms with Gasteiger partial charge in [0.05, 0.1) is 21.9 Å². The molecule has 1 fully saturated rings. The molecule has 2 aromatic heterocycles. The van der Waals surface area contributed by atoms with Crippen molar-refractivity contribution in [3.05, 3.63) is 51.8 Å². The highest BCUT2D eigenvalue weighted by Crippen LogP contribution is 2.33. The van der Waals surface area contributed by atoms with Crippen LogP contribution >= 0.6 is 22.9 Å². The minimum Gasteiger partial charge on any atom is -0.369 e. The van der Waals surface area contributed by atoms with Crippen molar-refractivity contribution in [2.45, 2.75) is 23.9 Å². The number of nitrogens with one attached hydrogen (secondary N) is 1. The van der Waals surface area contributed by atoms with E-state index in [0.29, 0.717) is 5.69 Å². The van der Waals surface area contributed by atoms with E-state index in [4.69, 9.17) is 11.6 Å². The topological polar surface area (TPSA) is 83.4 Å². The van der Waals surface area contributed by atoms with Gasteiger partial charge in [0, 0.05) is 57.4 Å². The lowest BCUT2D eigenvalue weighted by Crippen LogP contribution is -2.34. The number of halogens is 2. The van der Waals surface area contributed by atoms with E-state index in [9.17, 15) is 12.8 Å². The lowest BCUT2D eigenvalue weighted by molar-refractivity contribution is 0.320. The largest absolute Gasteiger partial charge is 0.369 e. The number of benzene rings is 1. The first-order valence-corrected chi connectivity index (χ1v) is 12.4. The summed E-state index contributed by atoms with van der Waals surface area (Å²) in [5.41, 5.74) is 2.94. The Balaban J connectivity index is 1.49. The number of aromatic nitrogens is 3. The molecule has 0 amide bonds. The summed E-state index contributed by atoms with van der Waals surface area (Å²) in [5.74, 6) is -0.724. The van der Waals surface area contributed by atoms with Gasteiger partial charge in [0.15, 0.2) is 5.82 Å². The first-order valence-electron chi connectivity index (χ1n) is 9.56. The van der Waals surface area contributed by atoms with E-state index in [1.807, 2.05) is 31.3 Å². The van der Waals surface area contributed by atoms with Gasteiger partial charge < -0.3 is 4.90 Å². The number of thiazole rings is 1. The summed E-state index contributed by atoms with van der Waals surface area (Å²) in [7, 11) is -0.410. The third-order valence-corrected chi connectivity index (χ3v) is 7.55. The molecule has 1 aliphatic rings. The Bertz CT molecular complexity index is 1170. The first-order chi connectivity index (χ1) is 14.7. The van der Waals surface area contributed by atoms with Gasteiger partial charge in [-0.3, -0.25) is 14.3 Å². The first kappa shape index (κ1) is 22.0. The standard InChI is InChI=1S/C19H22ClFN6O2S2/c1-25-5-3-13(23-25)9-27-6-4-14(10-27)26(2)17-8-16(21)18(7-15(17)20)31(28,29)24-19-11-30-12-22-19/h3,5,7-8,11-12,14,24H,4,6,9-10H2,1-2H3/t14-/m0/s1. The summed E-state index contributed by atoms with van der Waals surface area (Å²) in [6.07, 6.45) is 2.79. The fraction of sp³-hybridized carbons (Fsp3) is 0.368. The molecule has 0 bridgehead atoms. The van der Waals surface area contributed by atoms with Crippen LogP contribution in [0.2, 0.25) is 5.02 Å². The van der Waals surface area contributed by atoms with Crippen LogP contribution in [0.1, 0.15) is 12.1 Å². The molecule has 1 saturated heterocycles. The van der Waals surface area contributed by atoms with Crippen molar-refractivity contribution in [2.75, 3.05) is 29.8 Å². The van der Waals surface area contributed by atoms with Crippen LogP contribution in [0.3, 0.4) is 0 Å². The van der Waals surface area contributed by atoms with E-state index in [1.54, 1.807) is 4.68 Å². The smallest absolute Gasteiger partial charge is 0.266 e. The molecule has 1 atom stereocenters. The molecule has 3 heterocycles. The molecular weight excluding hydrogens is 463 g/mol. The predicted molar refractivity (Wildman–Crippen MR) is 120 cm³/mol.